The molecule has 2 saturated heterocycles. The van der Waals surface area contributed by atoms with Crippen LogP contribution in [0.25, 0.3) is 11.0 Å². The van der Waals surface area contributed by atoms with Gasteiger partial charge in [0.25, 0.3) is 0 Å². The van der Waals surface area contributed by atoms with E-state index in [9.17, 15) is 23.3 Å². The van der Waals surface area contributed by atoms with E-state index < -0.39 is 26.5 Å². The van der Waals surface area contributed by atoms with Crippen LogP contribution in [0.3, 0.4) is 0 Å². The van der Waals surface area contributed by atoms with Gasteiger partial charge in [-0.3, -0.25) is 14.9 Å². The van der Waals surface area contributed by atoms with Crippen LogP contribution in [-0.4, -0.2) is 71.6 Å². The molecule has 1 aromatic heterocycles. The molecule has 4 bridgehead atoms. The van der Waals surface area contributed by atoms with Gasteiger partial charge < -0.3 is 10.6 Å². The fourth-order valence-electron chi connectivity index (χ4n) is 8.82. The molecule has 0 atom stereocenters. The normalized spacial score (nSPS) is 26.5. The third-order valence-corrected chi connectivity index (χ3v) is 13.4. The van der Waals surface area contributed by atoms with E-state index >= 15 is 0 Å². The zero-order valence-corrected chi connectivity index (χ0v) is 29.0. The number of carbonyl (C=O) groups is 1. The summed E-state index contributed by atoms with van der Waals surface area (Å²) in [5.41, 5.74) is 1.66. The van der Waals surface area contributed by atoms with Crippen LogP contribution in [0, 0.1) is 33.8 Å². The molecular weight excluding hydrogens is 684 g/mol. The molecule has 2 aliphatic heterocycles. The molecule has 274 valence electrons. The van der Waals surface area contributed by atoms with Gasteiger partial charge >= 0.3 is 5.69 Å². The summed E-state index contributed by atoms with van der Waals surface area (Å²) < 4.78 is 33.1. The van der Waals surface area contributed by atoms with Gasteiger partial charge in [0.2, 0.25) is 33.0 Å². The van der Waals surface area contributed by atoms with Gasteiger partial charge in [-0.15, -0.1) is 0 Å². The predicted octanol–water partition coefficient (Wildman–Crippen LogP) is 4.62. The molecule has 6 aliphatic rings. The Balaban J connectivity index is 0.744. The summed E-state index contributed by atoms with van der Waals surface area (Å²) in [5, 5.41) is 24.6. The minimum Gasteiger partial charge on any atom is -0.383 e. The molecule has 4 aliphatic carbocycles. The van der Waals surface area contributed by atoms with Crippen LogP contribution >= 0.6 is 0 Å². The van der Waals surface area contributed by atoms with Gasteiger partial charge in [0.1, 0.15) is 0 Å². The Morgan fingerprint density at radius 1 is 0.882 bits per heavy atom. The molecular formula is C34H42N6O10S. The number of hydrogen-bond acceptors (Lipinski definition) is 13. The van der Waals surface area contributed by atoms with Crippen molar-refractivity contribution in [1.82, 2.24) is 19.9 Å². The zero-order valence-electron chi connectivity index (χ0n) is 28.2. The molecule has 2 aromatic carbocycles. The average molecular weight is 727 g/mol. The first-order valence-electron chi connectivity index (χ1n) is 17.9. The highest BCUT2D eigenvalue weighted by molar-refractivity contribution is 7.89. The Morgan fingerprint density at radius 3 is 2.20 bits per heavy atom. The first kappa shape index (κ1) is 34.4. The van der Waals surface area contributed by atoms with Crippen LogP contribution in [0.2, 0.25) is 0 Å². The molecule has 51 heavy (non-hydrogen) atoms. The number of carbonyl (C=O) groups excluding carboxylic acids is 1. The number of nitrogens with zero attached hydrogens (tertiary/aromatic N) is 4. The van der Waals surface area contributed by atoms with Crippen molar-refractivity contribution in [2.45, 2.75) is 87.1 Å². The first-order chi connectivity index (χ1) is 24.6. The fraction of sp³-hybridized carbons (Fsp3) is 0.618. The summed E-state index contributed by atoms with van der Waals surface area (Å²) in [5.74, 6) is -0.0272. The largest absolute Gasteiger partial charge is 0.383 e. The van der Waals surface area contributed by atoms with Crippen molar-refractivity contribution in [3.05, 3.63) is 52.1 Å². The maximum atomic E-state index is 13.5. The van der Waals surface area contributed by atoms with Gasteiger partial charge in [0, 0.05) is 63.3 Å². The first-order valence-corrected chi connectivity index (χ1v) is 19.3. The van der Waals surface area contributed by atoms with E-state index in [1.165, 1.54) is 16.8 Å². The summed E-state index contributed by atoms with van der Waals surface area (Å²) in [6, 6.07) is 9.59. The van der Waals surface area contributed by atoms with E-state index in [0.717, 1.165) is 55.9 Å². The van der Waals surface area contributed by atoms with Crippen LogP contribution < -0.4 is 10.6 Å². The molecule has 0 unspecified atom stereocenters. The summed E-state index contributed by atoms with van der Waals surface area (Å²) in [6.07, 6.45) is 8.39. The number of unbranched alkanes of at least 4 members (excludes halogenated alkanes) is 1. The summed E-state index contributed by atoms with van der Waals surface area (Å²) >= 11 is 0. The molecule has 1 amide bonds. The van der Waals surface area contributed by atoms with Crippen molar-refractivity contribution in [3.8, 4) is 0 Å². The van der Waals surface area contributed by atoms with Gasteiger partial charge in [-0.25, -0.2) is 13.0 Å². The highest BCUT2D eigenvalue weighted by Gasteiger charge is 2.64. The van der Waals surface area contributed by atoms with E-state index in [0.29, 0.717) is 30.7 Å². The molecule has 0 radical (unpaired) electrons. The fourth-order valence-corrected chi connectivity index (χ4v) is 10.3. The number of nitro benzene ring substituents is 1. The molecule has 4 saturated carbocycles. The maximum absolute atomic E-state index is 13.5. The lowest BCUT2D eigenvalue weighted by Gasteiger charge is -2.60. The van der Waals surface area contributed by atoms with Gasteiger partial charge in [-0.05, 0) is 97.3 Å². The number of fused-ring (bicyclic) bond motifs is 1. The highest BCUT2D eigenvalue weighted by atomic mass is 32.2. The third-order valence-electron chi connectivity index (χ3n) is 11.4. The number of rotatable bonds is 12. The van der Waals surface area contributed by atoms with Gasteiger partial charge in [-0.2, -0.15) is 23.9 Å². The summed E-state index contributed by atoms with van der Waals surface area (Å²) in [7, 11) is -3.74. The number of aryl methyl sites for hydroxylation is 1. The van der Waals surface area contributed by atoms with E-state index in [1.807, 2.05) is 0 Å². The summed E-state index contributed by atoms with van der Waals surface area (Å²) in [6.45, 7) is 1.47. The SMILES string of the molecule is O=C(CCc1ccc(S(=O)(=O)N2CCC3(CC2)OOC2(OO3)C3CC4CC(C3)CC2C4)cc1)NCCCCNc1ccc([N+](=O)[O-])c2nonc12. The van der Waals surface area contributed by atoms with Gasteiger partial charge in [0.05, 0.1) is 15.5 Å². The number of aromatic nitrogens is 2. The van der Waals surface area contributed by atoms with Crippen LogP contribution in [0.5, 0.6) is 0 Å². The van der Waals surface area contributed by atoms with Crippen molar-refractivity contribution in [1.29, 1.82) is 0 Å². The predicted molar refractivity (Wildman–Crippen MR) is 179 cm³/mol. The molecule has 2 spiro atoms. The minimum atomic E-state index is -3.74. The molecule has 17 heteroatoms. The monoisotopic (exact) mass is 726 g/mol. The lowest BCUT2D eigenvalue weighted by Crippen LogP contribution is -2.65. The molecule has 6 fully saturated rings. The quantitative estimate of drug-likeness (QED) is 0.114. The number of anilines is 1. The number of benzene rings is 2. The molecule has 3 aromatic rings. The zero-order chi connectivity index (χ0) is 35.2. The number of non-ortho nitro benzene ring substituents is 1. The van der Waals surface area contributed by atoms with Crippen molar-refractivity contribution in [2.75, 3.05) is 31.5 Å². The van der Waals surface area contributed by atoms with Crippen molar-refractivity contribution >= 4 is 38.3 Å². The van der Waals surface area contributed by atoms with Gasteiger partial charge in [-0.1, -0.05) is 12.1 Å². The van der Waals surface area contributed by atoms with Crippen LogP contribution in [-0.2, 0) is 40.8 Å². The van der Waals surface area contributed by atoms with Crippen molar-refractivity contribution < 1.29 is 42.3 Å². The number of amides is 1. The van der Waals surface area contributed by atoms with E-state index in [4.69, 9.17) is 19.6 Å². The lowest BCUT2D eigenvalue weighted by atomic mass is 9.53. The second-order valence-corrected chi connectivity index (χ2v) is 16.6. The number of sulfonamides is 1. The summed E-state index contributed by atoms with van der Waals surface area (Å²) in [4.78, 5) is 47.4. The Hall–Kier alpha value is -3.74. The third kappa shape index (κ3) is 6.59. The topological polar surface area (TPSA) is 197 Å². The van der Waals surface area contributed by atoms with E-state index in [-0.39, 0.29) is 66.2 Å². The molecule has 16 nitrogen and oxygen atoms in total. The Bertz CT molecular complexity index is 1840. The van der Waals surface area contributed by atoms with E-state index in [2.05, 4.69) is 25.6 Å². The second-order valence-electron chi connectivity index (χ2n) is 14.7. The lowest BCUT2D eigenvalue weighted by molar-refractivity contribution is -0.680. The smallest absolute Gasteiger partial charge is 0.300 e. The number of hydrogen-bond donors (Lipinski definition) is 2. The van der Waals surface area contributed by atoms with Crippen LogP contribution in [0.1, 0.15) is 69.8 Å². The second kappa shape index (κ2) is 13.7. The average Bonchev–Trinajstić information content (AvgIpc) is 3.63. The van der Waals surface area contributed by atoms with Crippen molar-refractivity contribution in [2.24, 2.45) is 23.7 Å². The Labute approximate surface area is 294 Å². The van der Waals surface area contributed by atoms with Crippen LogP contribution in [0.15, 0.2) is 45.9 Å². The number of nitrogens with one attached hydrogen (secondary N) is 2. The van der Waals surface area contributed by atoms with Crippen molar-refractivity contribution in [3.63, 3.8) is 0 Å². The molecule has 9 rings (SSSR count). The number of piperidine rings is 1. The maximum Gasteiger partial charge on any atom is 0.300 e. The highest BCUT2D eigenvalue weighted by Crippen LogP contribution is 2.61. The van der Waals surface area contributed by atoms with E-state index in [1.54, 1.807) is 30.3 Å². The molecule has 3 heterocycles. The molecule has 2 N–H and O–H groups in total. The minimum absolute atomic E-state index is 0.0877. The standard InChI is InChI=1S/C34H42N6O10S/c41-30(36-14-2-1-13-35-28-8-9-29(40(42)43)32-31(28)37-50-38-32)10-5-22-3-6-27(7-4-22)51(44,45)39-15-11-33(12-16-39)46-48-34(49-47-33)25-18-23-17-24(20-25)21-26(34)19-23/h3-4,6-9,23-26,35H,1-2,5,10-21H2,(H,36,41). The van der Waals surface area contributed by atoms with Crippen LogP contribution in [0.4, 0.5) is 11.4 Å². The van der Waals surface area contributed by atoms with Gasteiger partial charge in [0.15, 0.2) is 5.52 Å². The Morgan fingerprint density at radius 2 is 1.53 bits per heavy atom. The number of nitro groups is 1. The Kier molecular flexibility index (Phi) is 9.21.